The molecule has 0 aromatic carbocycles. The lowest BCUT2D eigenvalue weighted by Gasteiger charge is -2.23. The number of aliphatic hydroxyl groups excluding tert-OH is 3. The Bertz CT molecular complexity index is 669. The van der Waals surface area contributed by atoms with Gasteiger partial charge in [0.1, 0.15) is 0 Å². The SMILES string of the molecule is CCCC/C=C\CCCCC(O)CC(=O)NC(CO)C(O)CCCCCCCCCCCCCCCCCCCCCCCCCCC. The highest BCUT2D eigenvalue weighted by molar-refractivity contribution is 5.76. The molecule has 0 saturated heterocycles. The fourth-order valence-corrected chi connectivity index (χ4v) is 6.74. The van der Waals surface area contributed by atoms with E-state index >= 15 is 0 Å². The minimum absolute atomic E-state index is 0.0229. The van der Waals surface area contributed by atoms with E-state index in [4.69, 9.17) is 0 Å². The third-order valence-corrected chi connectivity index (χ3v) is 10.1. The number of rotatable bonds is 39. The summed E-state index contributed by atoms with van der Waals surface area (Å²) in [6.45, 7) is 4.20. The molecule has 4 N–H and O–H groups in total. The zero-order chi connectivity index (χ0) is 35.2. The third kappa shape index (κ3) is 34.9. The number of unbranched alkanes of at least 4 members (excludes halogenated alkanes) is 28. The molecule has 0 fully saturated rings. The van der Waals surface area contributed by atoms with E-state index in [0.717, 1.165) is 38.5 Å². The van der Waals surface area contributed by atoms with E-state index in [1.165, 1.54) is 161 Å². The molecule has 5 nitrogen and oxygen atoms in total. The van der Waals surface area contributed by atoms with Gasteiger partial charge in [-0.3, -0.25) is 4.79 Å². The minimum atomic E-state index is -0.750. The maximum atomic E-state index is 12.3. The molecule has 286 valence electrons. The summed E-state index contributed by atoms with van der Waals surface area (Å²) in [6.07, 6.45) is 44.9. The third-order valence-electron chi connectivity index (χ3n) is 10.1. The predicted molar refractivity (Wildman–Crippen MR) is 208 cm³/mol. The molecule has 5 heteroatoms. The molecule has 0 rings (SSSR count). The second-order valence-corrected chi connectivity index (χ2v) is 15.0. The van der Waals surface area contributed by atoms with Crippen molar-refractivity contribution in [2.75, 3.05) is 6.61 Å². The lowest BCUT2D eigenvalue weighted by atomic mass is 10.0. The lowest BCUT2D eigenvalue weighted by molar-refractivity contribution is -0.125. The van der Waals surface area contributed by atoms with Gasteiger partial charge in [-0.25, -0.2) is 0 Å². The van der Waals surface area contributed by atoms with Gasteiger partial charge in [0.2, 0.25) is 5.91 Å². The number of carbonyl (C=O) groups is 1. The van der Waals surface area contributed by atoms with E-state index in [9.17, 15) is 20.1 Å². The van der Waals surface area contributed by atoms with Crippen LogP contribution in [0.3, 0.4) is 0 Å². The first-order chi connectivity index (χ1) is 23.5. The van der Waals surface area contributed by atoms with Crippen molar-refractivity contribution in [1.82, 2.24) is 5.32 Å². The Morgan fingerprint density at radius 1 is 0.500 bits per heavy atom. The average Bonchev–Trinajstić information content (AvgIpc) is 3.08. The van der Waals surface area contributed by atoms with Gasteiger partial charge in [-0.2, -0.15) is 0 Å². The van der Waals surface area contributed by atoms with Gasteiger partial charge < -0.3 is 20.6 Å². The van der Waals surface area contributed by atoms with Crippen LogP contribution in [0.15, 0.2) is 12.2 Å². The van der Waals surface area contributed by atoms with Crippen molar-refractivity contribution in [3.63, 3.8) is 0 Å². The molecular weight excluding hydrogens is 594 g/mol. The Hall–Kier alpha value is -0.910. The highest BCUT2D eigenvalue weighted by Gasteiger charge is 2.21. The summed E-state index contributed by atoms with van der Waals surface area (Å²) >= 11 is 0. The molecular formula is C43H85NO4. The van der Waals surface area contributed by atoms with Gasteiger partial charge in [-0.05, 0) is 32.1 Å². The molecule has 48 heavy (non-hydrogen) atoms. The second kappa shape index (κ2) is 38.9. The summed E-state index contributed by atoms with van der Waals surface area (Å²) in [5, 5.41) is 33.2. The first kappa shape index (κ1) is 47.1. The quantitative estimate of drug-likeness (QED) is 0.0384. The van der Waals surface area contributed by atoms with Gasteiger partial charge in [-0.15, -0.1) is 0 Å². The van der Waals surface area contributed by atoms with E-state index in [0.29, 0.717) is 12.8 Å². The second-order valence-electron chi connectivity index (χ2n) is 15.0. The van der Waals surface area contributed by atoms with Crippen molar-refractivity contribution in [3.8, 4) is 0 Å². The molecule has 0 aromatic rings. The lowest BCUT2D eigenvalue weighted by Crippen LogP contribution is -2.46. The molecule has 0 radical (unpaired) electrons. The molecule has 1 amide bonds. The van der Waals surface area contributed by atoms with Gasteiger partial charge >= 0.3 is 0 Å². The molecule has 0 heterocycles. The molecule has 3 atom stereocenters. The van der Waals surface area contributed by atoms with Crippen molar-refractivity contribution in [2.24, 2.45) is 0 Å². The molecule has 0 spiro atoms. The average molecular weight is 680 g/mol. The van der Waals surface area contributed by atoms with Crippen LogP contribution in [0.1, 0.15) is 232 Å². The Balaban J connectivity index is 3.50. The summed E-state index contributed by atoms with van der Waals surface area (Å²) in [5.74, 6) is -0.296. The van der Waals surface area contributed by atoms with Crippen LogP contribution >= 0.6 is 0 Å². The van der Waals surface area contributed by atoms with Crippen LogP contribution in [-0.4, -0.2) is 46.1 Å². The van der Waals surface area contributed by atoms with Gasteiger partial charge in [0.25, 0.3) is 0 Å². The molecule has 0 aliphatic rings. The number of nitrogens with one attached hydrogen (secondary N) is 1. The largest absolute Gasteiger partial charge is 0.394 e. The number of aliphatic hydroxyl groups is 3. The maximum Gasteiger partial charge on any atom is 0.222 e. The Kier molecular flexibility index (Phi) is 38.1. The zero-order valence-electron chi connectivity index (χ0n) is 32.4. The van der Waals surface area contributed by atoms with Crippen molar-refractivity contribution < 1.29 is 20.1 Å². The maximum absolute atomic E-state index is 12.3. The van der Waals surface area contributed by atoms with Crippen LogP contribution in [0.25, 0.3) is 0 Å². The van der Waals surface area contributed by atoms with E-state index in [-0.39, 0.29) is 18.9 Å². The van der Waals surface area contributed by atoms with Gasteiger partial charge in [0.05, 0.1) is 31.3 Å². The van der Waals surface area contributed by atoms with Crippen LogP contribution in [0.4, 0.5) is 0 Å². The van der Waals surface area contributed by atoms with E-state index in [1.54, 1.807) is 0 Å². The summed E-state index contributed by atoms with van der Waals surface area (Å²) in [5.41, 5.74) is 0. The van der Waals surface area contributed by atoms with Crippen LogP contribution in [0, 0.1) is 0 Å². The van der Waals surface area contributed by atoms with Crippen LogP contribution < -0.4 is 5.32 Å². The molecule has 0 saturated carbocycles. The fraction of sp³-hybridized carbons (Fsp3) is 0.930. The summed E-state index contributed by atoms with van der Waals surface area (Å²) in [7, 11) is 0. The number of hydrogen-bond donors (Lipinski definition) is 4. The van der Waals surface area contributed by atoms with E-state index in [1.807, 2.05) is 0 Å². The van der Waals surface area contributed by atoms with Crippen LogP contribution in [0.5, 0.6) is 0 Å². The molecule has 0 aromatic heterocycles. The van der Waals surface area contributed by atoms with Gasteiger partial charge in [0, 0.05) is 0 Å². The van der Waals surface area contributed by atoms with Gasteiger partial charge in [-0.1, -0.05) is 206 Å². The molecule has 0 aliphatic heterocycles. The number of hydrogen-bond acceptors (Lipinski definition) is 4. The van der Waals surface area contributed by atoms with E-state index < -0.39 is 18.2 Å². The standard InChI is InChI=1S/C43H85NO4/c1-3-5-7-9-11-13-14-15-16-17-18-19-20-21-22-23-24-25-26-27-28-29-31-33-35-37-42(47)41(39-45)44-43(48)38-40(46)36-34-32-30-12-10-8-6-4-2/h10,12,40-42,45-47H,3-9,11,13-39H2,1-2H3,(H,44,48)/b12-10-. The minimum Gasteiger partial charge on any atom is -0.394 e. The first-order valence-corrected chi connectivity index (χ1v) is 21.5. The number of amides is 1. The van der Waals surface area contributed by atoms with Crippen LogP contribution in [0.2, 0.25) is 0 Å². The normalized spacial score (nSPS) is 13.7. The van der Waals surface area contributed by atoms with E-state index in [2.05, 4.69) is 31.3 Å². The summed E-state index contributed by atoms with van der Waals surface area (Å²) in [4.78, 5) is 12.3. The Morgan fingerprint density at radius 2 is 0.854 bits per heavy atom. The van der Waals surface area contributed by atoms with Crippen molar-refractivity contribution in [3.05, 3.63) is 12.2 Å². The molecule has 3 unspecified atom stereocenters. The fourth-order valence-electron chi connectivity index (χ4n) is 6.74. The summed E-state index contributed by atoms with van der Waals surface area (Å²) in [6, 6.07) is -0.660. The number of carbonyl (C=O) groups excluding carboxylic acids is 1. The monoisotopic (exact) mass is 680 g/mol. The summed E-state index contributed by atoms with van der Waals surface area (Å²) < 4.78 is 0. The highest BCUT2D eigenvalue weighted by atomic mass is 16.3. The molecule has 0 bridgehead atoms. The van der Waals surface area contributed by atoms with Crippen molar-refractivity contribution in [2.45, 2.75) is 250 Å². The highest BCUT2D eigenvalue weighted by Crippen LogP contribution is 2.17. The Labute approximate surface area is 299 Å². The van der Waals surface area contributed by atoms with Crippen molar-refractivity contribution in [1.29, 1.82) is 0 Å². The topological polar surface area (TPSA) is 89.8 Å². The van der Waals surface area contributed by atoms with Crippen LogP contribution in [-0.2, 0) is 4.79 Å². The Morgan fingerprint density at radius 3 is 1.25 bits per heavy atom. The number of allylic oxidation sites excluding steroid dienone is 2. The molecule has 0 aliphatic carbocycles. The predicted octanol–water partition coefficient (Wildman–Crippen LogP) is 12.0. The van der Waals surface area contributed by atoms with Crippen molar-refractivity contribution >= 4 is 5.91 Å². The zero-order valence-corrected chi connectivity index (χ0v) is 32.4. The van der Waals surface area contributed by atoms with Gasteiger partial charge in [0.15, 0.2) is 0 Å². The smallest absolute Gasteiger partial charge is 0.222 e. The first-order valence-electron chi connectivity index (χ1n) is 21.5.